The zero-order valence-electron chi connectivity index (χ0n) is 11.8. The van der Waals surface area contributed by atoms with Crippen molar-refractivity contribution in [3.8, 4) is 0 Å². The van der Waals surface area contributed by atoms with E-state index in [0.717, 1.165) is 18.5 Å². The summed E-state index contributed by atoms with van der Waals surface area (Å²) >= 11 is 0. The average molecular weight is 238 g/mol. The zero-order chi connectivity index (χ0) is 12.3. The monoisotopic (exact) mass is 238 g/mol. The van der Waals surface area contributed by atoms with Crippen LogP contribution in [0.5, 0.6) is 0 Å². The molecule has 2 saturated carbocycles. The van der Waals surface area contributed by atoms with Gasteiger partial charge in [0.05, 0.1) is 0 Å². The van der Waals surface area contributed by atoms with E-state index in [1.54, 1.807) is 0 Å². The van der Waals surface area contributed by atoms with Gasteiger partial charge in [0.2, 0.25) is 0 Å². The molecule has 0 radical (unpaired) electrons. The van der Waals surface area contributed by atoms with Crippen LogP contribution in [0.2, 0.25) is 0 Å². The van der Waals surface area contributed by atoms with E-state index < -0.39 is 0 Å². The highest BCUT2D eigenvalue weighted by molar-refractivity contribution is 5.00. The normalized spacial score (nSPS) is 24.0. The Kier molecular flexibility index (Phi) is 4.48. The summed E-state index contributed by atoms with van der Waals surface area (Å²) in [5.74, 6) is 0.995. The molecular weight excluding hydrogens is 208 g/mol. The predicted octanol–water partition coefficient (Wildman–Crippen LogP) is 3.16. The largest absolute Gasteiger partial charge is 0.329 e. The lowest BCUT2D eigenvalue weighted by Gasteiger charge is -2.44. The lowest BCUT2D eigenvalue weighted by molar-refractivity contribution is 0.0645. The molecule has 100 valence electrons. The van der Waals surface area contributed by atoms with Crippen molar-refractivity contribution in [2.75, 3.05) is 13.1 Å². The van der Waals surface area contributed by atoms with Crippen LogP contribution in [0, 0.1) is 5.92 Å². The van der Waals surface area contributed by atoms with Crippen molar-refractivity contribution in [1.82, 2.24) is 4.90 Å². The van der Waals surface area contributed by atoms with E-state index in [4.69, 9.17) is 5.73 Å². The fourth-order valence-electron chi connectivity index (χ4n) is 3.09. The smallest absolute Gasteiger partial charge is 0.0332 e. The van der Waals surface area contributed by atoms with Crippen molar-refractivity contribution in [3.05, 3.63) is 0 Å². The molecule has 2 heteroatoms. The zero-order valence-corrected chi connectivity index (χ0v) is 11.8. The second-order valence-corrected chi connectivity index (χ2v) is 6.21. The van der Waals surface area contributed by atoms with Crippen LogP contribution in [-0.4, -0.2) is 29.6 Å². The lowest BCUT2D eigenvalue weighted by Crippen LogP contribution is -2.55. The van der Waals surface area contributed by atoms with Crippen LogP contribution in [0.4, 0.5) is 0 Å². The summed E-state index contributed by atoms with van der Waals surface area (Å²) in [6.45, 7) is 6.82. The molecule has 2 rings (SSSR count). The van der Waals surface area contributed by atoms with Crippen LogP contribution in [0.25, 0.3) is 0 Å². The van der Waals surface area contributed by atoms with Gasteiger partial charge in [-0.1, -0.05) is 26.7 Å². The molecule has 1 unspecified atom stereocenters. The van der Waals surface area contributed by atoms with Crippen LogP contribution >= 0.6 is 0 Å². The minimum absolute atomic E-state index is 0.319. The Labute approximate surface area is 107 Å². The molecule has 0 aromatic heterocycles. The number of nitrogens with two attached hydrogens (primary N) is 1. The first-order chi connectivity index (χ1) is 8.25. The first-order valence-corrected chi connectivity index (χ1v) is 7.72. The van der Waals surface area contributed by atoms with Gasteiger partial charge < -0.3 is 5.73 Å². The Bertz CT molecular complexity index is 227. The lowest BCUT2D eigenvalue weighted by atomic mass is 9.87. The highest BCUT2D eigenvalue weighted by Gasteiger charge is 2.43. The van der Waals surface area contributed by atoms with E-state index >= 15 is 0 Å². The molecule has 17 heavy (non-hydrogen) atoms. The maximum atomic E-state index is 6.18. The van der Waals surface area contributed by atoms with E-state index in [2.05, 4.69) is 18.7 Å². The Hall–Kier alpha value is -0.0800. The average Bonchev–Trinajstić information content (AvgIpc) is 3.21. The molecule has 0 spiro atoms. The molecule has 2 N–H and O–H groups in total. The Morgan fingerprint density at radius 2 is 1.88 bits per heavy atom. The number of unbranched alkanes of at least 4 members (excludes halogenated alkanes) is 1. The van der Waals surface area contributed by atoms with Gasteiger partial charge in [-0.25, -0.2) is 0 Å². The van der Waals surface area contributed by atoms with E-state index in [1.807, 2.05) is 0 Å². The fourth-order valence-corrected chi connectivity index (χ4v) is 3.09. The number of rotatable bonds is 9. The van der Waals surface area contributed by atoms with Gasteiger partial charge in [0.1, 0.15) is 0 Å². The molecule has 2 fully saturated rings. The van der Waals surface area contributed by atoms with Gasteiger partial charge in [0.15, 0.2) is 0 Å². The summed E-state index contributed by atoms with van der Waals surface area (Å²) in [5.41, 5.74) is 6.50. The minimum atomic E-state index is 0.319. The standard InChI is InChI=1S/C15H30N2/c1-3-5-10-15(4-2,12-16)17(14-8-9-14)11-13-6-7-13/h13-14H,3-12,16H2,1-2H3. The van der Waals surface area contributed by atoms with E-state index in [9.17, 15) is 0 Å². The van der Waals surface area contributed by atoms with Crippen molar-refractivity contribution in [3.63, 3.8) is 0 Å². The topological polar surface area (TPSA) is 29.3 Å². The van der Waals surface area contributed by atoms with E-state index in [0.29, 0.717) is 5.54 Å². The molecule has 0 saturated heterocycles. The molecule has 0 aliphatic heterocycles. The molecule has 2 nitrogen and oxygen atoms in total. The second-order valence-electron chi connectivity index (χ2n) is 6.21. The Morgan fingerprint density at radius 3 is 2.29 bits per heavy atom. The van der Waals surface area contributed by atoms with Gasteiger partial charge in [-0.2, -0.15) is 0 Å². The summed E-state index contributed by atoms with van der Waals surface area (Å²) < 4.78 is 0. The SMILES string of the molecule is CCCCC(CC)(CN)N(CC1CC1)C1CC1. The first-order valence-electron chi connectivity index (χ1n) is 7.72. The van der Waals surface area contributed by atoms with Crippen LogP contribution in [0.1, 0.15) is 65.2 Å². The number of hydrogen-bond acceptors (Lipinski definition) is 2. The molecule has 0 aromatic rings. The summed E-state index contributed by atoms with van der Waals surface area (Å²) in [5, 5.41) is 0. The van der Waals surface area contributed by atoms with Gasteiger partial charge in [0.25, 0.3) is 0 Å². The Morgan fingerprint density at radius 1 is 1.18 bits per heavy atom. The van der Waals surface area contributed by atoms with Gasteiger partial charge >= 0.3 is 0 Å². The molecule has 0 heterocycles. The highest BCUT2D eigenvalue weighted by atomic mass is 15.3. The molecule has 0 bridgehead atoms. The Balaban J connectivity index is 2.02. The first kappa shape index (κ1) is 13.4. The third-order valence-electron chi connectivity index (χ3n) is 4.78. The van der Waals surface area contributed by atoms with E-state index in [1.165, 1.54) is 57.9 Å². The van der Waals surface area contributed by atoms with Crippen LogP contribution < -0.4 is 5.73 Å². The predicted molar refractivity (Wildman–Crippen MR) is 74.1 cm³/mol. The highest BCUT2D eigenvalue weighted by Crippen LogP contribution is 2.41. The van der Waals surface area contributed by atoms with Gasteiger partial charge in [0, 0.05) is 24.7 Å². The van der Waals surface area contributed by atoms with Crippen molar-refractivity contribution >= 4 is 0 Å². The van der Waals surface area contributed by atoms with Crippen LogP contribution in [0.3, 0.4) is 0 Å². The molecular formula is C15H30N2. The number of nitrogens with zero attached hydrogens (tertiary/aromatic N) is 1. The maximum Gasteiger partial charge on any atom is 0.0332 e. The maximum absolute atomic E-state index is 6.18. The van der Waals surface area contributed by atoms with Crippen molar-refractivity contribution in [2.24, 2.45) is 11.7 Å². The quantitative estimate of drug-likeness (QED) is 0.668. The third-order valence-corrected chi connectivity index (χ3v) is 4.78. The summed E-state index contributed by atoms with van der Waals surface area (Å²) in [4.78, 5) is 2.82. The molecule has 0 aromatic carbocycles. The van der Waals surface area contributed by atoms with Gasteiger partial charge in [-0.15, -0.1) is 0 Å². The summed E-state index contributed by atoms with van der Waals surface area (Å²) in [7, 11) is 0. The number of hydrogen-bond donors (Lipinski definition) is 1. The van der Waals surface area contributed by atoms with Gasteiger partial charge in [-0.3, -0.25) is 4.90 Å². The minimum Gasteiger partial charge on any atom is -0.329 e. The fraction of sp³-hybridized carbons (Fsp3) is 1.00. The second kappa shape index (κ2) is 5.71. The van der Waals surface area contributed by atoms with Gasteiger partial charge in [-0.05, 0) is 44.4 Å². The summed E-state index contributed by atoms with van der Waals surface area (Å²) in [6.07, 6.45) is 10.9. The van der Waals surface area contributed by atoms with Crippen molar-refractivity contribution in [2.45, 2.75) is 76.8 Å². The molecule has 2 aliphatic carbocycles. The van der Waals surface area contributed by atoms with Crippen LogP contribution in [0.15, 0.2) is 0 Å². The molecule has 1 atom stereocenters. The van der Waals surface area contributed by atoms with Crippen molar-refractivity contribution < 1.29 is 0 Å². The summed E-state index contributed by atoms with van der Waals surface area (Å²) in [6, 6.07) is 0.871. The van der Waals surface area contributed by atoms with E-state index in [-0.39, 0.29) is 0 Å². The molecule has 0 amide bonds. The van der Waals surface area contributed by atoms with Crippen LogP contribution in [-0.2, 0) is 0 Å². The molecule has 2 aliphatic rings. The van der Waals surface area contributed by atoms with Crippen molar-refractivity contribution in [1.29, 1.82) is 0 Å². The third kappa shape index (κ3) is 3.23.